The van der Waals surface area contributed by atoms with E-state index in [-0.39, 0.29) is 0 Å². The molecule has 0 unspecified atom stereocenters. The summed E-state index contributed by atoms with van der Waals surface area (Å²) >= 11 is 2.08. The molecule has 0 saturated carbocycles. The summed E-state index contributed by atoms with van der Waals surface area (Å²) in [6, 6.07) is 2.54. The predicted octanol–water partition coefficient (Wildman–Crippen LogP) is 1.50. The molecule has 20 heavy (non-hydrogen) atoms. The van der Waals surface area contributed by atoms with Gasteiger partial charge in [-0.2, -0.15) is 16.7 Å². The van der Waals surface area contributed by atoms with Gasteiger partial charge >= 0.3 is 0 Å². The second kappa shape index (κ2) is 6.63. The van der Waals surface area contributed by atoms with E-state index in [0.29, 0.717) is 5.88 Å². The van der Waals surface area contributed by atoms with Crippen molar-refractivity contribution in [2.24, 2.45) is 0 Å². The SMILES string of the molecule is COc1ccnc(N2CCC(N3CCSCC3)CC2)n1. The van der Waals surface area contributed by atoms with Crippen molar-refractivity contribution >= 4 is 17.7 Å². The third kappa shape index (κ3) is 3.17. The number of methoxy groups -OCH3 is 1. The van der Waals surface area contributed by atoms with Crippen LogP contribution in [0.25, 0.3) is 0 Å². The molecule has 0 aliphatic carbocycles. The maximum atomic E-state index is 5.17. The lowest BCUT2D eigenvalue weighted by molar-refractivity contribution is 0.185. The first-order valence-corrected chi connectivity index (χ1v) is 8.46. The van der Waals surface area contributed by atoms with Gasteiger partial charge in [-0.1, -0.05) is 0 Å². The second-order valence-corrected chi connectivity index (χ2v) is 6.49. The number of hydrogen-bond acceptors (Lipinski definition) is 6. The van der Waals surface area contributed by atoms with Gasteiger partial charge in [0, 0.05) is 56.0 Å². The van der Waals surface area contributed by atoms with E-state index in [4.69, 9.17) is 4.74 Å². The Bertz CT molecular complexity index is 431. The quantitative estimate of drug-likeness (QED) is 0.841. The highest BCUT2D eigenvalue weighted by Crippen LogP contribution is 2.23. The fourth-order valence-electron chi connectivity index (χ4n) is 2.97. The van der Waals surface area contributed by atoms with E-state index in [0.717, 1.165) is 25.1 Å². The molecule has 3 heterocycles. The van der Waals surface area contributed by atoms with Gasteiger partial charge in [-0.25, -0.2) is 4.98 Å². The van der Waals surface area contributed by atoms with E-state index in [1.807, 2.05) is 0 Å². The molecule has 0 spiro atoms. The number of anilines is 1. The number of thioether (sulfide) groups is 1. The van der Waals surface area contributed by atoms with Crippen molar-refractivity contribution in [3.8, 4) is 5.88 Å². The van der Waals surface area contributed by atoms with Gasteiger partial charge in [-0.05, 0) is 12.8 Å². The van der Waals surface area contributed by atoms with Crippen molar-refractivity contribution in [3.63, 3.8) is 0 Å². The molecular formula is C14H22N4OS. The minimum atomic E-state index is 0.644. The van der Waals surface area contributed by atoms with Crippen molar-refractivity contribution in [2.75, 3.05) is 49.7 Å². The number of hydrogen-bond donors (Lipinski definition) is 0. The van der Waals surface area contributed by atoms with Gasteiger partial charge in [0.05, 0.1) is 7.11 Å². The van der Waals surface area contributed by atoms with Crippen LogP contribution in [0.4, 0.5) is 5.95 Å². The Morgan fingerprint density at radius 1 is 1.20 bits per heavy atom. The Balaban J connectivity index is 1.57. The van der Waals surface area contributed by atoms with Gasteiger partial charge < -0.3 is 9.64 Å². The molecule has 0 aromatic carbocycles. The molecule has 5 nitrogen and oxygen atoms in total. The molecule has 0 bridgehead atoms. The maximum Gasteiger partial charge on any atom is 0.228 e. The second-order valence-electron chi connectivity index (χ2n) is 5.27. The topological polar surface area (TPSA) is 41.5 Å². The van der Waals surface area contributed by atoms with E-state index in [1.165, 1.54) is 37.4 Å². The molecule has 1 aromatic rings. The van der Waals surface area contributed by atoms with Crippen LogP contribution in [0.3, 0.4) is 0 Å². The van der Waals surface area contributed by atoms with Crippen LogP contribution in [0.1, 0.15) is 12.8 Å². The summed E-state index contributed by atoms with van der Waals surface area (Å²) in [6.07, 6.45) is 4.20. The Kier molecular flexibility index (Phi) is 4.62. The van der Waals surface area contributed by atoms with Gasteiger partial charge in [-0.3, -0.25) is 4.90 Å². The highest BCUT2D eigenvalue weighted by Gasteiger charge is 2.26. The van der Waals surface area contributed by atoms with Gasteiger partial charge in [0.1, 0.15) is 0 Å². The van der Waals surface area contributed by atoms with Crippen LogP contribution in [0, 0.1) is 0 Å². The number of nitrogens with zero attached hydrogens (tertiary/aromatic N) is 4. The fourth-order valence-corrected chi connectivity index (χ4v) is 3.90. The van der Waals surface area contributed by atoms with Crippen molar-refractivity contribution in [2.45, 2.75) is 18.9 Å². The van der Waals surface area contributed by atoms with Gasteiger partial charge in [0.2, 0.25) is 11.8 Å². The van der Waals surface area contributed by atoms with Gasteiger partial charge in [-0.15, -0.1) is 0 Å². The summed E-state index contributed by atoms with van der Waals surface area (Å²) in [5, 5.41) is 0. The number of piperidine rings is 1. The molecule has 1 aromatic heterocycles. The largest absolute Gasteiger partial charge is 0.481 e. The first-order valence-electron chi connectivity index (χ1n) is 7.30. The van der Waals surface area contributed by atoms with Gasteiger partial charge in [0.25, 0.3) is 0 Å². The summed E-state index contributed by atoms with van der Waals surface area (Å²) in [6.45, 7) is 4.60. The van der Waals surface area contributed by atoms with Crippen molar-refractivity contribution in [1.29, 1.82) is 0 Å². The van der Waals surface area contributed by atoms with Crippen LogP contribution in [0.15, 0.2) is 12.3 Å². The average molecular weight is 294 g/mol. The summed E-state index contributed by atoms with van der Waals surface area (Å²) < 4.78 is 5.17. The van der Waals surface area contributed by atoms with Crippen molar-refractivity contribution in [1.82, 2.24) is 14.9 Å². The lowest BCUT2D eigenvalue weighted by Gasteiger charge is -2.40. The lowest BCUT2D eigenvalue weighted by atomic mass is 10.0. The Hall–Kier alpha value is -1.01. The highest BCUT2D eigenvalue weighted by atomic mass is 32.2. The molecule has 3 rings (SSSR count). The summed E-state index contributed by atoms with van der Waals surface area (Å²) in [5.41, 5.74) is 0. The Morgan fingerprint density at radius 3 is 2.65 bits per heavy atom. The predicted molar refractivity (Wildman–Crippen MR) is 82.7 cm³/mol. The van der Waals surface area contributed by atoms with Crippen molar-refractivity contribution in [3.05, 3.63) is 12.3 Å². The first kappa shape index (κ1) is 13.9. The summed E-state index contributed by atoms with van der Waals surface area (Å²) in [7, 11) is 1.65. The molecule has 110 valence electrons. The van der Waals surface area contributed by atoms with Crippen LogP contribution in [0.5, 0.6) is 5.88 Å². The molecule has 2 aliphatic rings. The van der Waals surface area contributed by atoms with Crippen LogP contribution in [-0.4, -0.2) is 65.7 Å². The maximum absolute atomic E-state index is 5.17. The smallest absolute Gasteiger partial charge is 0.228 e. The van der Waals surface area contributed by atoms with Crippen LogP contribution in [0.2, 0.25) is 0 Å². The standard InChI is InChI=1S/C14H22N4OS/c1-19-13-2-5-15-14(16-13)18-6-3-12(4-7-18)17-8-10-20-11-9-17/h2,5,12H,3-4,6-11H2,1H3. The van der Waals surface area contributed by atoms with E-state index in [9.17, 15) is 0 Å². The molecule has 0 atom stereocenters. The minimum absolute atomic E-state index is 0.644. The average Bonchev–Trinajstić information content (AvgIpc) is 2.56. The monoisotopic (exact) mass is 294 g/mol. The van der Waals surface area contributed by atoms with Gasteiger partial charge in [0.15, 0.2) is 0 Å². The molecule has 0 amide bonds. The third-order valence-electron chi connectivity index (χ3n) is 4.14. The summed E-state index contributed by atoms with van der Waals surface area (Å²) in [4.78, 5) is 13.7. The van der Waals surface area contributed by atoms with E-state index in [2.05, 4.69) is 31.5 Å². The molecule has 0 N–H and O–H groups in total. The van der Waals surface area contributed by atoms with Crippen LogP contribution in [-0.2, 0) is 0 Å². The number of rotatable bonds is 3. The zero-order valence-electron chi connectivity index (χ0n) is 12.0. The summed E-state index contributed by atoms with van der Waals surface area (Å²) in [5.74, 6) is 4.03. The van der Waals surface area contributed by atoms with E-state index < -0.39 is 0 Å². The zero-order valence-corrected chi connectivity index (χ0v) is 12.8. The fraction of sp³-hybridized carbons (Fsp3) is 0.714. The Morgan fingerprint density at radius 2 is 1.95 bits per heavy atom. The first-order chi connectivity index (χ1) is 9.86. The normalized spacial score (nSPS) is 21.9. The molecule has 2 aliphatic heterocycles. The minimum Gasteiger partial charge on any atom is -0.481 e. The highest BCUT2D eigenvalue weighted by molar-refractivity contribution is 7.99. The van der Waals surface area contributed by atoms with Crippen molar-refractivity contribution < 1.29 is 4.74 Å². The van der Waals surface area contributed by atoms with E-state index >= 15 is 0 Å². The molecule has 2 fully saturated rings. The third-order valence-corrected chi connectivity index (χ3v) is 5.08. The molecular weight excluding hydrogens is 272 g/mol. The van der Waals surface area contributed by atoms with Crippen LogP contribution < -0.4 is 9.64 Å². The molecule has 6 heteroatoms. The van der Waals surface area contributed by atoms with Crippen LogP contribution >= 0.6 is 11.8 Å². The number of aromatic nitrogens is 2. The lowest BCUT2D eigenvalue weighted by Crippen LogP contribution is -2.48. The number of ether oxygens (including phenoxy) is 1. The molecule has 0 radical (unpaired) electrons. The molecule has 2 saturated heterocycles. The zero-order chi connectivity index (χ0) is 13.8. The van der Waals surface area contributed by atoms with E-state index in [1.54, 1.807) is 19.4 Å². The Labute approximate surface area is 124 Å².